The van der Waals surface area contributed by atoms with Gasteiger partial charge in [0.2, 0.25) is 10.7 Å². The topological polar surface area (TPSA) is 73.7 Å². The van der Waals surface area contributed by atoms with Crippen molar-refractivity contribution in [3.63, 3.8) is 0 Å². The van der Waals surface area contributed by atoms with Gasteiger partial charge in [-0.3, -0.25) is 0 Å². The van der Waals surface area contributed by atoms with Crippen molar-refractivity contribution in [3.05, 3.63) is 9.54 Å². The van der Waals surface area contributed by atoms with Gasteiger partial charge < -0.3 is 20.6 Å². The van der Waals surface area contributed by atoms with Crippen molar-refractivity contribution in [1.82, 2.24) is 15.0 Å². The standard InChI is InChI=1S/C12H21N5S2/c1-11(2)5-7(13)6-12(3,4)17(11)8-14-9(18)16-10(19)15-8/h7H,5-6,13H2,1-4H3,(H2,14,15,16,18,19). The number of rotatable bonds is 1. The van der Waals surface area contributed by atoms with Crippen molar-refractivity contribution in [2.75, 3.05) is 4.90 Å². The second-order valence-electron chi connectivity index (χ2n) is 6.45. The highest BCUT2D eigenvalue weighted by Gasteiger charge is 2.45. The molecule has 0 amide bonds. The monoisotopic (exact) mass is 299 g/mol. The van der Waals surface area contributed by atoms with Crippen LogP contribution in [0.25, 0.3) is 0 Å². The Morgan fingerprint density at radius 1 is 1.16 bits per heavy atom. The van der Waals surface area contributed by atoms with Gasteiger partial charge in [-0.15, -0.1) is 0 Å². The molecule has 7 heteroatoms. The van der Waals surface area contributed by atoms with Crippen molar-refractivity contribution >= 4 is 30.4 Å². The Kier molecular flexibility index (Phi) is 3.57. The van der Waals surface area contributed by atoms with Crippen LogP contribution >= 0.6 is 24.4 Å². The van der Waals surface area contributed by atoms with Gasteiger partial charge in [0.15, 0.2) is 4.77 Å². The van der Waals surface area contributed by atoms with Crippen LogP contribution < -0.4 is 10.6 Å². The van der Waals surface area contributed by atoms with Crippen LogP contribution in [-0.2, 0) is 0 Å². The molecule has 0 radical (unpaired) electrons. The molecule has 2 rings (SSSR count). The molecule has 1 aliphatic rings. The van der Waals surface area contributed by atoms with E-state index in [0.717, 1.165) is 18.8 Å². The molecule has 1 saturated heterocycles. The fourth-order valence-corrected chi connectivity index (χ4v) is 3.86. The average molecular weight is 299 g/mol. The van der Waals surface area contributed by atoms with Crippen LogP contribution in [0.1, 0.15) is 40.5 Å². The highest BCUT2D eigenvalue weighted by Crippen LogP contribution is 2.39. The van der Waals surface area contributed by atoms with E-state index in [9.17, 15) is 0 Å². The predicted octanol–water partition coefficient (Wildman–Crippen LogP) is 2.68. The number of anilines is 1. The molecule has 0 aromatic carbocycles. The molecule has 2 heterocycles. The molecule has 4 N–H and O–H groups in total. The molecule has 1 aromatic heterocycles. The first-order valence-corrected chi connectivity index (χ1v) is 7.20. The molecule has 0 saturated carbocycles. The van der Waals surface area contributed by atoms with Crippen molar-refractivity contribution in [2.24, 2.45) is 5.73 Å². The smallest absolute Gasteiger partial charge is 0.208 e. The molecule has 0 bridgehead atoms. The number of aromatic amines is 2. The first-order valence-electron chi connectivity index (χ1n) is 6.38. The highest BCUT2D eigenvalue weighted by molar-refractivity contribution is 7.71. The van der Waals surface area contributed by atoms with Gasteiger partial charge >= 0.3 is 0 Å². The van der Waals surface area contributed by atoms with Crippen molar-refractivity contribution in [3.8, 4) is 0 Å². The zero-order valence-corrected chi connectivity index (χ0v) is 13.4. The van der Waals surface area contributed by atoms with Crippen molar-refractivity contribution in [1.29, 1.82) is 0 Å². The summed E-state index contributed by atoms with van der Waals surface area (Å²) in [5.41, 5.74) is 5.98. The van der Waals surface area contributed by atoms with E-state index in [1.165, 1.54) is 0 Å². The highest BCUT2D eigenvalue weighted by atomic mass is 32.1. The maximum absolute atomic E-state index is 6.18. The van der Waals surface area contributed by atoms with E-state index in [0.29, 0.717) is 9.54 Å². The quantitative estimate of drug-likeness (QED) is 0.695. The third-order valence-electron chi connectivity index (χ3n) is 3.60. The lowest BCUT2D eigenvalue weighted by atomic mass is 9.77. The van der Waals surface area contributed by atoms with Crippen LogP contribution in [0.2, 0.25) is 0 Å². The van der Waals surface area contributed by atoms with E-state index in [2.05, 4.69) is 47.5 Å². The van der Waals surface area contributed by atoms with Gasteiger partial charge in [0.1, 0.15) is 0 Å². The van der Waals surface area contributed by atoms with E-state index in [1.54, 1.807) is 0 Å². The fraction of sp³-hybridized carbons (Fsp3) is 0.750. The number of aromatic nitrogens is 3. The van der Waals surface area contributed by atoms with E-state index >= 15 is 0 Å². The maximum atomic E-state index is 6.18. The van der Waals surface area contributed by atoms with Gasteiger partial charge in [-0.1, -0.05) is 0 Å². The van der Waals surface area contributed by atoms with E-state index < -0.39 is 0 Å². The maximum Gasteiger partial charge on any atom is 0.208 e. The fourth-order valence-electron chi connectivity index (χ4n) is 3.42. The number of nitrogens with zero attached hydrogens (tertiary/aromatic N) is 2. The predicted molar refractivity (Wildman–Crippen MR) is 82.5 cm³/mol. The summed E-state index contributed by atoms with van der Waals surface area (Å²) in [6, 6.07) is 0.197. The Balaban J connectivity index is 2.56. The molecule has 106 valence electrons. The molecule has 0 aliphatic carbocycles. The van der Waals surface area contributed by atoms with Crippen LogP contribution in [0, 0.1) is 9.54 Å². The number of nitrogens with two attached hydrogens (primary N) is 1. The van der Waals surface area contributed by atoms with E-state index in [-0.39, 0.29) is 17.1 Å². The molecule has 1 fully saturated rings. The summed E-state index contributed by atoms with van der Waals surface area (Å²) in [5, 5.41) is 0. The van der Waals surface area contributed by atoms with E-state index in [1.807, 2.05) is 0 Å². The molecule has 0 atom stereocenters. The van der Waals surface area contributed by atoms with Gasteiger partial charge in [0, 0.05) is 17.1 Å². The van der Waals surface area contributed by atoms with Gasteiger partial charge in [-0.2, -0.15) is 4.98 Å². The summed E-state index contributed by atoms with van der Waals surface area (Å²) < 4.78 is 0.900. The second kappa shape index (κ2) is 4.64. The summed E-state index contributed by atoms with van der Waals surface area (Å²) in [5.74, 6) is 0.718. The first-order chi connectivity index (χ1) is 8.62. The first kappa shape index (κ1) is 14.6. The Morgan fingerprint density at radius 2 is 1.68 bits per heavy atom. The summed E-state index contributed by atoms with van der Waals surface area (Å²) in [4.78, 5) is 12.6. The summed E-state index contributed by atoms with van der Waals surface area (Å²) in [6.07, 6.45) is 1.81. The SMILES string of the molecule is CC1(C)CC(N)CC(C)(C)N1c1nc(=S)[nH]c(=S)[nH]1. The zero-order chi connectivity index (χ0) is 14.4. The molecule has 19 heavy (non-hydrogen) atoms. The van der Waals surface area contributed by atoms with Crippen LogP contribution in [0.5, 0.6) is 0 Å². The lowest BCUT2D eigenvalue weighted by Crippen LogP contribution is -2.64. The van der Waals surface area contributed by atoms with Crippen LogP contribution in [-0.4, -0.2) is 32.1 Å². The number of piperidine rings is 1. The largest absolute Gasteiger partial charge is 0.332 e. The van der Waals surface area contributed by atoms with E-state index in [4.69, 9.17) is 30.2 Å². The minimum Gasteiger partial charge on any atom is -0.332 e. The summed E-state index contributed by atoms with van der Waals surface area (Å²) >= 11 is 10.3. The van der Waals surface area contributed by atoms with Crippen LogP contribution in [0.15, 0.2) is 0 Å². The lowest BCUT2D eigenvalue weighted by molar-refractivity contribution is 0.215. The van der Waals surface area contributed by atoms with Crippen molar-refractivity contribution in [2.45, 2.75) is 57.7 Å². The van der Waals surface area contributed by atoms with Gasteiger partial charge in [0.25, 0.3) is 0 Å². The zero-order valence-electron chi connectivity index (χ0n) is 11.8. The normalized spacial score (nSPS) is 22.5. The Hall–Kier alpha value is -0.790. The minimum atomic E-state index is -0.102. The minimum absolute atomic E-state index is 0.102. The summed E-state index contributed by atoms with van der Waals surface area (Å²) in [7, 11) is 0. The Bertz CT molecular complexity index is 540. The number of hydrogen-bond acceptors (Lipinski definition) is 5. The van der Waals surface area contributed by atoms with Gasteiger partial charge in [-0.25, -0.2) is 0 Å². The van der Waals surface area contributed by atoms with Gasteiger partial charge in [-0.05, 0) is 65.0 Å². The number of hydrogen-bond donors (Lipinski definition) is 3. The molecule has 0 unspecified atom stereocenters. The Labute approximate surface area is 123 Å². The Morgan fingerprint density at radius 3 is 2.16 bits per heavy atom. The molecule has 1 aromatic rings. The molecular formula is C12H21N5S2. The molecule has 5 nitrogen and oxygen atoms in total. The average Bonchev–Trinajstić information content (AvgIpc) is 2.09. The molecule has 1 aliphatic heterocycles. The molecular weight excluding hydrogens is 278 g/mol. The number of H-pyrrole nitrogens is 2. The third-order valence-corrected chi connectivity index (χ3v) is 4.00. The molecule has 0 spiro atoms. The van der Waals surface area contributed by atoms with Crippen LogP contribution in [0.3, 0.4) is 0 Å². The van der Waals surface area contributed by atoms with Gasteiger partial charge in [0.05, 0.1) is 0 Å². The van der Waals surface area contributed by atoms with Crippen LogP contribution in [0.4, 0.5) is 5.95 Å². The lowest BCUT2D eigenvalue weighted by Gasteiger charge is -2.54. The van der Waals surface area contributed by atoms with Crippen molar-refractivity contribution < 1.29 is 0 Å². The third kappa shape index (κ3) is 2.88. The summed E-state index contributed by atoms with van der Waals surface area (Å²) in [6.45, 7) is 8.69. The number of nitrogens with one attached hydrogen (secondary N) is 2. The second-order valence-corrected chi connectivity index (χ2v) is 7.24.